The van der Waals surface area contributed by atoms with E-state index in [2.05, 4.69) is 4.98 Å². The molecule has 1 fully saturated rings. The van der Waals surface area contributed by atoms with Crippen molar-refractivity contribution in [3.8, 4) is 5.69 Å². The lowest BCUT2D eigenvalue weighted by Crippen LogP contribution is -2.50. The first-order chi connectivity index (χ1) is 16.0. The number of hydrogen-bond acceptors (Lipinski definition) is 4. The number of hydrogen-bond donors (Lipinski definition) is 0. The number of nitrogens with zero attached hydrogens (tertiary/aromatic N) is 4. The largest absolute Gasteiger partial charge is 0.337 e. The average Bonchev–Trinajstić information content (AvgIpc) is 3.55. The van der Waals surface area contributed by atoms with Crippen LogP contribution in [0.4, 0.5) is 0 Å². The molecule has 8 heteroatoms. The van der Waals surface area contributed by atoms with Crippen LogP contribution in [-0.4, -0.2) is 59.3 Å². The van der Waals surface area contributed by atoms with Gasteiger partial charge in [-0.25, -0.2) is 13.4 Å². The van der Waals surface area contributed by atoms with Crippen LogP contribution in [-0.2, 0) is 27.7 Å². The highest BCUT2D eigenvalue weighted by Crippen LogP contribution is 2.26. The molecule has 1 amide bonds. The highest BCUT2D eigenvalue weighted by Gasteiger charge is 2.30. The predicted octanol–water partition coefficient (Wildman–Crippen LogP) is 2.91. The maximum absolute atomic E-state index is 13.1. The lowest BCUT2D eigenvalue weighted by Gasteiger charge is -2.33. The molecule has 0 atom stereocenters. The topological polar surface area (TPSA) is 75.5 Å². The average molecular weight is 463 g/mol. The van der Waals surface area contributed by atoms with Crippen LogP contribution >= 0.6 is 0 Å². The number of benzene rings is 2. The summed E-state index contributed by atoms with van der Waals surface area (Å²) in [4.78, 5) is 18.7. The van der Waals surface area contributed by atoms with E-state index in [9.17, 15) is 13.2 Å². The molecule has 0 radical (unpaired) electrons. The number of carbonyl (C=O) groups excluding carboxylic acids is 1. The Labute approximate surface area is 194 Å². The predicted molar refractivity (Wildman–Crippen MR) is 126 cm³/mol. The molecule has 0 spiro atoms. The van der Waals surface area contributed by atoms with Gasteiger partial charge in [0.1, 0.15) is 0 Å². The minimum Gasteiger partial charge on any atom is -0.337 e. The van der Waals surface area contributed by atoms with Gasteiger partial charge in [0.2, 0.25) is 15.9 Å². The van der Waals surface area contributed by atoms with Crippen molar-refractivity contribution in [2.45, 2.75) is 24.2 Å². The molecular weight excluding hydrogens is 436 g/mol. The van der Waals surface area contributed by atoms with Crippen LogP contribution in [0, 0.1) is 0 Å². The van der Waals surface area contributed by atoms with E-state index in [-0.39, 0.29) is 5.91 Å². The number of sulfonamides is 1. The van der Waals surface area contributed by atoms with E-state index >= 15 is 0 Å². The molecule has 0 bridgehead atoms. The zero-order valence-electron chi connectivity index (χ0n) is 18.3. The minimum absolute atomic E-state index is 0.108. The molecule has 0 unspecified atom stereocenters. The number of carbonyl (C=O) groups is 1. The molecule has 0 N–H and O–H groups in total. The van der Waals surface area contributed by atoms with Gasteiger partial charge in [0.25, 0.3) is 0 Å². The fraction of sp³-hybridized carbons (Fsp3) is 0.280. The molecule has 170 valence electrons. The van der Waals surface area contributed by atoms with E-state index in [1.165, 1.54) is 9.87 Å². The van der Waals surface area contributed by atoms with E-state index < -0.39 is 10.0 Å². The van der Waals surface area contributed by atoms with Crippen molar-refractivity contribution >= 4 is 22.0 Å². The molecule has 2 heterocycles. The SMILES string of the molecule is O=C(C=Cc1ccc(-n2ccnc2)cc1)N1CCN(S(=O)(=O)c2ccc3c(c2)CCC3)CC1. The van der Waals surface area contributed by atoms with Crippen LogP contribution in [0.2, 0.25) is 0 Å². The summed E-state index contributed by atoms with van der Waals surface area (Å²) < 4.78 is 29.6. The lowest BCUT2D eigenvalue weighted by molar-refractivity contribution is -0.127. The molecule has 0 saturated carbocycles. The first kappa shape index (κ1) is 21.6. The first-order valence-corrected chi connectivity index (χ1v) is 12.6. The number of amides is 1. The van der Waals surface area contributed by atoms with E-state index in [4.69, 9.17) is 0 Å². The van der Waals surface area contributed by atoms with Crippen molar-refractivity contribution in [3.05, 3.63) is 84.0 Å². The Bertz CT molecular complexity index is 1270. The molecule has 2 aliphatic rings. The summed E-state index contributed by atoms with van der Waals surface area (Å²) in [6.07, 6.45) is 11.7. The molecule has 1 saturated heterocycles. The fourth-order valence-corrected chi connectivity index (χ4v) is 5.92. The van der Waals surface area contributed by atoms with Crippen molar-refractivity contribution < 1.29 is 13.2 Å². The number of aromatic nitrogens is 2. The summed E-state index contributed by atoms with van der Waals surface area (Å²) in [5.41, 5.74) is 4.32. The highest BCUT2D eigenvalue weighted by molar-refractivity contribution is 7.89. The zero-order valence-corrected chi connectivity index (χ0v) is 19.1. The summed E-state index contributed by atoms with van der Waals surface area (Å²) in [6.45, 7) is 1.37. The van der Waals surface area contributed by atoms with Crippen LogP contribution in [0.1, 0.15) is 23.1 Å². The van der Waals surface area contributed by atoms with Crippen molar-refractivity contribution in [2.75, 3.05) is 26.2 Å². The summed E-state index contributed by atoms with van der Waals surface area (Å²) >= 11 is 0. The van der Waals surface area contributed by atoms with Gasteiger partial charge in [-0.3, -0.25) is 4.79 Å². The number of fused-ring (bicyclic) bond motifs is 1. The number of rotatable bonds is 5. The third-order valence-corrected chi connectivity index (χ3v) is 8.27. The summed E-state index contributed by atoms with van der Waals surface area (Å²) in [6, 6.07) is 13.3. The van der Waals surface area contributed by atoms with Crippen LogP contribution in [0.3, 0.4) is 0 Å². The normalized spacial score (nSPS) is 16.9. The zero-order chi connectivity index (χ0) is 22.8. The second-order valence-electron chi connectivity index (χ2n) is 8.41. The quantitative estimate of drug-likeness (QED) is 0.547. The minimum atomic E-state index is -3.54. The van der Waals surface area contributed by atoms with Crippen molar-refractivity contribution in [1.82, 2.24) is 18.8 Å². The Hall–Kier alpha value is -3.23. The maximum Gasteiger partial charge on any atom is 0.246 e. The molecule has 2 aromatic carbocycles. The van der Waals surface area contributed by atoms with E-state index in [0.29, 0.717) is 31.1 Å². The summed E-state index contributed by atoms with van der Waals surface area (Å²) in [5, 5.41) is 0. The van der Waals surface area contributed by atoms with Crippen LogP contribution < -0.4 is 0 Å². The lowest BCUT2D eigenvalue weighted by atomic mass is 10.1. The van der Waals surface area contributed by atoms with E-state index in [1.54, 1.807) is 35.6 Å². The van der Waals surface area contributed by atoms with Gasteiger partial charge >= 0.3 is 0 Å². The smallest absolute Gasteiger partial charge is 0.246 e. The third-order valence-electron chi connectivity index (χ3n) is 6.37. The number of imidazole rings is 1. The van der Waals surface area contributed by atoms with Crippen molar-refractivity contribution in [2.24, 2.45) is 0 Å². The van der Waals surface area contributed by atoms with Gasteiger partial charge in [-0.05, 0) is 66.3 Å². The number of piperazine rings is 1. The first-order valence-electron chi connectivity index (χ1n) is 11.2. The molecule has 5 rings (SSSR count). The fourth-order valence-electron chi connectivity index (χ4n) is 4.45. The van der Waals surface area contributed by atoms with Crippen LogP contribution in [0.5, 0.6) is 0 Å². The second-order valence-corrected chi connectivity index (χ2v) is 10.3. The van der Waals surface area contributed by atoms with Crippen molar-refractivity contribution in [3.63, 3.8) is 0 Å². The Kier molecular flexibility index (Phi) is 5.86. The van der Waals surface area contributed by atoms with Gasteiger partial charge in [-0.1, -0.05) is 18.2 Å². The summed E-state index contributed by atoms with van der Waals surface area (Å²) in [7, 11) is -3.54. The van der Waals surface area contributed by atoms with Crippen molar-refractivity contribution in [1.29, 1.82) is 0 Å². The highest BCUT2D eigenvalue weighted by atomic mass is 32.2. The van der Waals surface area contributed by atoms with Gasteiger partial charge < -0.3 is 9.47 Å². The Morgan fingerprint density at radius 3 is 2.42 bits per heavy atom. The van der Waals surface area contributed by atoms with E-state index in [0.717, 1.165) is 36.1 Å². The molecule has 1 aromatic heterocycles. The third kappa shape index (κ3) is 4.49. The second kappa shape index (κ2) is 8.96. The van der Waals surface area contributed by atoms with Gasteiger partial charge in [0.05, 0.1) is 11.2 Å². The molecule has 33 heavy (non-hydrogen) atoms. The number of aryl methyl sites for hydroxylation is 2. The maximum atomic E-state index is 13.1. The van der Waals surface area contributed by atoms with Gasteiger partial charge in [-0.2, -0.15) is 4.31 Å². The molecule has 3 aromatic rings. The Morgan fingerprint density at radius 1 is 0.939 bits per heavy atom. The molecular formula is C25H26N4O3S. The van der Waals surface area contributed by atoms with Crippen LogP contribution in [0.25, 0.3) is 11.8 Å². The van der Waals surface area contributed by atoms with E-state index in [1.807, 2.05) is 47.2 Å². The Morgan fingerprint density at radius 2 is 1.70 bits per heavy atom. The van der Waals surface area contributed by atoms with Crippen LogP contribution in [0.15, 0.2) is 72.2 Å². The van der Waals surface area contributed by atoms with Gasteiger partial charge in [0.15, 0.2) is 0 Å². The summed E-state index contributed by atoms with van der Waals surface area (Å²) in [5.74, 6) is -0.108. The Balaban J connectivity index is 1.19. The molecule has 1 aliphatic carbocycles. The van der Waals surface area contributed by atoms with Gasteiger partial charge in [0, 0.05) is 50.3 Å². The van der Waals surface area contributed by atoms with Gasteiger partial charge in [-0.15, -0.1) is 0 Å². The molecule has 1 aliphatic heterocycles. The monoisotopic (exact) mass is 462 g/mol. The molecule has 7 nitrogen and oxygen atoms in total. The standard InChI is InChI=1S/C25H26N4O3S/c30-25(11-6-20-4-8-23(9-5-20)28-13-12-26-19-28)27-14-16-29(17-15-27)33(31,32)24-10-7-21-2-1-3-22(21)18-24/h4-13,18-19H,1-3,14-17H2.